The first-order valence-electron chi connectivity index (χ1n) is 7.32. The van der Waals surface area contributed by atoms with Gasteiger partial charge in [0.15, 0.2) is 5.17 Å². The van der Waals surface area contributed by atoms with E-state index in [-0.39, 0.29) is 5.17 Å². The van der Waals surface area contributed by atoms with E-state index in [1.807, 2.05) is 0 Å². The lowest BCUT2D eigenvalue weighted by Crippen LogP contribution is -2.04. The maximum atomic E-state index is 8.70. The summed E-state index contributed by atoms with van der Waals surface area (Å²) in [4.78, 5) is 14.2. The molecule has 0 aliphatic rings. The Morgan fingerprint density at radius 2 is 1.35 bits per heavy atom. The molecule has 0 heterocycles. The van der Waals surface area contributed by atoms with Crippen molar-refractivity contribution in [2.24, 2.45) is 5.73 Å². The molecule has 0 saturated carbocycles. The van der Waals surface area contributed by atoms with Gasteiger partial charge in [0.1, 0.15) is 0 Å². The molecule has 0 aliphatic carbocycles. The molecule has 0 bridgehead atoms. The van der Waals surface area contributed by atoms with Crippen molar-refractivity contribution in [1.29, 1.82) is 5.41 Å². The Balaban J connectivity index is 0. The topological polar surface area (TPSA) is 107 Å². The molecule has 20 heavy (non-hydrogen) atoms. The molecule has 5 N–H and O–H groups in total. The third-order valence-corrected chi connectivity index (χ3v) is 3.56. The minimum absolute atomic E-state index is 0.260. The molecule has 0 unspecified atom stereocenters. The van der Waals surface area contributed by atoms with Crippen molar-refractivity contribution in [3.63, 3.8) is 0 Å². The lowest BCUT2D eigenvalue weighted by molar-refractivity contribution is 0.405. The monoisotopic (exact) mass is 325 g/mol. The number of thioether (sulfide) groups is 1. The van der Waals surface area contributed by atoms with Crippen molar-refractivity contribution < 1.29 is 14.4 Å². The lowest BCUT2D eigenvalue weighted by Gasteiger charge is -2.02. The number of unbranched alkanes of at least 4 members (excludes halogenated alkanes) is 9. The Hall–Kier alpha value is -0.160. The van der Waals surface area contributed by atoms with Crippen LogP contribution in [0.25, 0.3) is 0 Å². The number of hydrogen-bond donors (Lipinski definition) is 4. The van der Waals surface area contributed by atoms with Crippen LogP contribution in [0, 0.1) is 5.41 Å². The predicted molar refractivity (Wildman–Crippen MR) is 88.3 cm³/mol. The Labute approximate surface area is 128 Å². The van der Waals surface area contributed by atoms with Crippen LogP contribution in [0.3, 0.4) is 0 Å². The van der Waals surface area contributed by atoms with Crippen LogP contribution in [0.15, 0.2) is 0 Å². The first-order valence-corrected chi connectivity index (χ1v) is 9.47. The van der Waals surface area contributed by atoms with Crippen molar-refractivity contribution in [2.75, 3.05) is 5.75 Å². The van der Waals surface area contributed by atoms with Gasteiger partial charge in [0.2, 0.25) is 0 Å². The number of amidine groups is 1. The second kappa shape index (κ2) is 18.8. The molecule has 120 valence electrons. The van der Waals surface area contributed by atoms with Crippen molar-refractivity contribution in [2.45, 2.75) is 71.1 Å². The number of rotatable bonds is 11. The van der Waals surface area contributed by atoms with Gasteiger partial charge in [0.05, 0.1) is 0 Å². The van der Waals surface area contributed by atoms with Crippen LogP contribution in [0.4, 0.5) is 0 Å². The molecule has 0 spiro atoms. The van der Waals surface area contributed by atoms with E-state index in [9.17, 15) is 0 Å². The van der Waals surface area contributed by atoms with E-state index in [2.05, 4.69) is 6.92 Å². The molecule has 0 aliphatic heterocycles. The summed E-state index contributed by atoms with van der Waals surface area (Å²) in [6.45, 7) is 2.26. The van der Waals surface area contributed by atoms with Gasteiger partial charge in [0, 0.05) is 10.3 Å². The zero-order valence-electron chi connectivity index (χ0n) is 12.5. The molecule has 0 saturated heterocycles. The van der Waals surface area contributed by atoms with Crippen LogP contribution < -0.4 is 5.73 Å². The average molecular weight is 325 g/mol. The van der Waals surface area contributed by atoms with Crippen molar-refractivity contribution in [3.05, 3.63) is 0 Å². The van der Waals surface area contributed by atoms with E-state index in [0.717, 1.165) is 5.75 Å². The highest BCUT2D eigenvalue weighted by atomic mass is 32.2. The van der Waals surface area contributed by atoms with E-state index in [4.69, 9.17) is 25.5 Å². The fourth-order valence-corrected chi connectivity index (χ4v) is 2.34. The smallest absolute Gasteiger partial charge is 0.379 e. The Kier molecular flexibility index (Phi) is 20.8. The second-order valence-corrected chi connectivity index (χ2v) is 6.29. The molecule has 0 aromatic heterocycles. The van der Waals surface area contributed by atoms with Crippen LogP contribution in [-0.2, 0) is 4.57 Å². The summed E-state index contributed by atoms with van der Waals surface area (Å²) in [6, 6.07) is 0. The summed E-state index contributed by atoms with van der Waals surface area (Å²) in [7, 11) is -2.87. The largest absolute Gasteiger partial charge is 0.692 e. The summed E-state index contributed by atoms with van der Waals surface area (Å²) in [5.74, 6) is 1.02. The van der Waals surface area contributed by atoms with Gasteiger partial charge in [-0.15, -0.1) is 9.79 Å². The number of nitrogens with two attached hydrogens (primary N) is 1. The van der Waals surface area contributed by atoms with E-state index in [1.54, 1.807) is 0 Å². The minimum atomic E-state index is -2.87. The molecule has 0 atom stereocenters. The van der Waals surface area contributed by atoms with Gasteiger partial charge in [-0.3, -0.25) is 5.41 Å². The van der Waals surface area contributed by atoms with Crippen LogP contribution >= 0.6 is 20.0 Å². The molecule has 0 fully saturated rings. The molecule has 5 nitrogen and oxygen atoms in total. The maximum absolute atomic E-state index is 8.70. The van der Waals surface area contributed by atoms with Gasteiger partial charge in [-0.1, -0.05) is 76.5 Å². The quantitative estimate of drug-likeness (QED) is 0.197. The van der Waals surface area contributed by atoms with E-state index < -0.39 is 8.25 Å². The summed E-state index contributed by atoms with van der Waals surface area (Å²) < 4.78 is 8.70. The van der Waals surface area contributed by atoms with Gasteiger partial charge in [-0.05, 0) is 6.42 Å². The number of hydrogen-bond acceptors (Lipinski definition) is 3. The summed E-state index contributed by atoms with van der Waals surface area (Å²) >= 11 is 1.47. The van der Waals surface area contributed by atoms with Crippen molar-refractivity contribution in [3.8, 4) is 0 Å². The van der Waals surface area contributed by atoms with Gasteiger partial charge in [0.25, 0.3) is 0 Å². The summed E-state index contributed by atoms with van der Waals surface area (Å²) in [5.41, 5.74) is 5.26. The van der Waals surface area contributed by atoms with Gasteiger partial charge in [-0.2, -0.15) is 0 Å². The highest BCUT2D eigenvalue weighted by Gasteiger charge is 1.94. The maximum Gasteiger partial charge on any atom is 0.692 e. The standard InChI is InChI=1S/C13H28N2S.HO3P/c1-2-3-4-5-6-7-8-9-10-11-12-16-13(14)15;1-4(2)3/h2-12H2,1H3,(H3,14,15);(H-,1,2,3)/p+1. The number of nitrogens with one attached hydrogen (secondary N) is 1. The van der Waals surface area contributed by atoms with Gasteiger partial charge >= 0.3 is 8.25 Å². The lowest BCUT2D eigenvalue weighted by atomic mass is 10.1. The van der Waals surface area contributed by atoms with Crippen LogP contribution in [-0.4, -0.2) is 20.7 Å². The molecule has 0 amide bonds. The van der Waals surface area contributed by atoms with Crippen LogP contribution in [0.5, 0.6) is 0 Å². The normalized spacial score (nSPS) is 9.75. The molecule has 0 aromatic carbocycles. The molecule has 7 heteroatoms. The van der Waals surface area contributed by atoms with Gasteiger partial charge < -0.3 is 5.73 Å². The third kappa shape index (κ3) is 30.7. The summed E-state index contributed by atoms with van der Waals surface area (Å²) in [6.07, 6.45) is 13.7. The molecular weight excluding hydrogens is 295 g/mol. The first kappa shape index (κ1) is 22.1. The zero-order chi connectivity index (χ0) is 15.6. The average Bonchev–Trinajstić information content (AvgIpc) is 2.35. The third-order valence-electron chi connectivity index (χ3n) is 2.76. The van der Waals surface area contributed by atoms with E-state index in [0.29, 0.717) is 0 Å². The zero-order valence-corrected chi connectivity index (χ0v) is 14.2. The fourth-order valence-electron chi connectivity index (χ4n) is 1.77. The van der Waals surface area contributed by atoms with Crippen LogP contribution in [0.2, 0.25) is 0 Å². The van der Waals surface area contributed by atoms with E-state index >= 15 is 0 Å². The minimum Gasteiger partial charge on any atom is -0.379 e. The predicted octanol–water partition coefficient (Wildman–Crippen LogP) is 4.16. The Bertz CT molecular complexity index is 240. The molecule has 0 rings (SSSR count). The molecular formula is C13H30N2O3PS+. The Morgan fingerprint density at radius 1 is 1.00 bits per heavy atom. The highest BCUT2D eigenvalue weighted by Crippen LogP contribution is 2.11. The second-order valence-electron chi connectivity index (χ2n) is 4.65. The molecule has 0 radical (unpaired) electrons. The fraction of sp³-hybridized carbons (Fsp3) is 0.923. The summed E-state index contributed by atoms with van der Waals surface area (Å²) in [5, 5.41) is 7.32. The highest BCUT2D eigenvalue weighted by molar-refractivity contribution is 8.13. The van der Waals surface area contributed by atoms with Crippen molar-refractivity contribution >= 4 is 25.2 Å². The Morgan fingerprint density at radius 3 is 1.70 bits per heavy atom. The first-order chi connectivity index (χ1) is 9.50. The van der Waals surface area contributed by atoms with Crippen molar-refractivity contribution in [1.82, 2.24) is 0 Å². The van der Waals surface area contributed by atoms with Gasteiger partial charge in [-0.25, -0.2) is 0 Å². The SMILES string of the molecule is CCCCCCCCCCCCSC(=N)N.O=[P+](O)O. The van der Waals surface area contributed by atoms with E-state index in [1.165, 1.54) is 76.0 Å². The van der Waals surface area contributed by atoms with Crippen LogP contribution in [0.1, 0.15) is 71.1 Å². The molecule has 0 aromatic rings.